The second kappa shape index (κ2) is 3.67. The van der Waals surface area contributed by atoms with Gasteiger partial charge in [-0.05, 0) is 18.8 Å². The average Bonchev–Trinajstić information content (AvgIpc) is 2.89. The first kappa shape index (κ1) is 9.02. The van der Waals surface area contributed by atoms with Crippen molar-refractivity contribution in [2.24, 2.45) is 18.7 Å². The van der Waals surface area contributed by atoms with Gasteiger partial charge in [0.15, 0.2) is 5.16 Å². The molecule has 5 heteroatoms. The Kier molecular flexibility index (Phi) is 2.55. The summed E-state index contributed by atoms with van der Waals surface area (Å²) >= 11 is 1.79. The zero-order chi connectivity index (χ0) is 9.26. The van der Waals surface area contributed by atoms with Gasteiger partial charge >= 0.3 is 0 Å². The number of rotatable bonds is 4. The maximum Gasteiger partial charge on any atom is 0.190 e. The SMILES string of the molecule is Cn1c(CN)nnc1SCC1CC1. The number of hydrogen-bond acceptors (Lipinski definition) is 4. The molecule has 72 valence electrons. The largest absolute Gasteiger partial charge is 0.324 e. The molecule has 2 rings (SSSR count). The van der Waals surface area contributed by atoms with Crippen molar-refractivity contribution in [3.63, 3.8) is 0 Å². The van der Waals surface area contributed by atoms with Crippen molar-refractivity contribution < 1.29 is 0 Å². The van der Waals surface area contributed by atoms with Gasteiger partial charge in [0.05, 0.1) is 6.54 Å². The molecular weight excluding hydrogens is 184 g/mol. The summed E-state index contributed by atoms with van der Waals surface area (Å²) in [5, 5.41) is 9.07. The number of thioether (sulfide) groups is 1. The Morgan fingerprint density at radius 1 is 1.54 bits per heavy atom. The van der Waals surface area contributed by atoms with E-state index in [1.54, 1.807) is 11.8 Å². The third-order valence-electron chi connectivity index (χ3n) is 2.25. The van der Waals surface area contributed by atoms with E-state index in [-0.39, 0.29) is 0 Å². The van der Waals surface area contributed by atoms with Gasteiger partial charge < -0.3 is 10.3 Å². The molecule has 0 aliphatic heterocycles. The van der Waals surface area contributed by atoms with Crippen LogP contribution in [0.4, 0.5) is 0 Å². The highest BCUT2D eigenvalue weighted by atomic mass is 32.2. The third-order valence-corrected chi connectivity index (χ3v) is 3.50. The van der Waals surface area contributed by atoms with Crippen LogP contribution in [0.2, 0.25) is 0 Å². The van der Waals surface area contributed by atoms with Crippen LogP contribution in [0, 0.1) is 5.92 Å². The van der Waals surface area contributed by atoms with Crippen LogP contribution in [0.25, 0.3) is 0 Å². The van der Waals surface area contributed by atoms with Gasteiger partial charge in [-0.2, -0.15) is 0 Å². The Labute approximate surface area is 81.9 Å². The molecule has 1 aliphatic carbocycles. The van der Waals surface area contributed by atoms with E-state index in [0.29, 0.717) is 6.54 Å². The van der Waals surface area contributed by atoms with E-state index in [1.165, 1.54) is 18.6 Å². The van der Waals surface area contributed by atoms with E-state index in [2.05, 4.69) is 10.2 Å². The average molecular weight is 198 g/mol. The minimum Gasteiger partial charge on any atom is -0.324 e. The fourth-order valence-corrected chi connectivity index (χ4v) is 2.24. The van der Waals surface area contributed by atoms with Gasteiger partial charge in [-0.1, -0.05) is 11.8 Å². The molecular formula is C8H14N4S. The highest BCUT2D eigenvalue weighted by molar-refractivity contribution is 7.99. The monoisotopic (exact) mass is 198 g/mol. The first-order chi connectivity index (χ1) is 6.31. The van der Waals surface area contributed by atoms with E-state index in [9.17, 15) is 0 Å². The molecule has 0 saturated heterocycles. The Morgan fingerprint density at radius 3 is 2.85 bits per heavy atom. The molecule has 1 aromatic heterocycles. The number of hydrogen-bond donors (Lipinski definition) is 1. The summed E-state index contributed by atoms with van der Waals surface area (Å²) in [4.78, 5) is 0. The lowest BCUT2D eigenvalue weighted by Gasteiger charge is -2.00. The Hall–Kier alpha value is -0.550. The summed E-state index contributed by atoms with van der Waals surface area (Å²) in [6.07, 6.45) is 2.77. The first-order valence-corrected chi connectivity index (χ1v) is 5.51. The van der Waals surface area contributed by atoms with Crippen LogP contribution in [-0.4, -0.2) is 20.5 Å². The van der Waals surface area contributed by atoms with Crippen LogP contribution in [-0.2, 0) is 13.6 Å². The molecule has 0 aromatic carbocycles. The lowest BCUT2D eigenvalue weighted by Crippen LogP contribution is -2.05. The molecule has 2 N–H and O–H groups in total. The molecule has 0 atom stereocenters. The van der Waals surface area contributed by atoms with E-state index in [1.807, 2.05) is 11.6 Å². The van der Waals surface area contributed by atoms with Crippen LogP contribution < -0.4 is 5.73 Å². The fourth-order valence-electron chi connectivity index (χ4n) is 1.13. The zero-order valence-corrected chi connectivity index (χ0v) is 8.55. The summed E-state index contributed by atoms with van der Waals surface area (Å²) in [6.45, 7) is 0.466. The molecule has 1 aromatic rings. The van der Waals surface area contributed by atoms with Crippen LogP contribution >= 0.6 is 11.8 Å². The summed E-state index contributed by atoms with van der Waals surface area (Å²) in [5.41, 5.74) is 5.50. The lowest BCUT2D eigenvalue weighted by molar-refractivity contribution is 0.733. The van der Waals surface area contributed by atoms with Gasteiger partial charge in [0.25, 0.3) is 0 Å². The topological polar surface area (TPSA) is 56.7 Å². The maximum atomic E-state index is 5.50. The van der Waals surface area contributed by atoms with Gasteiger partial charge in [-0.25, -0.2) is 0 Å². The highest BCUT2D eigenvalue weighted by Crippen LogP contribution is 2.34. The molecule has 0 radical (unpaired) electrons. The third kappa shape index (κ3) is 2.03. The zero-order valence-electron chi connectivity index (χ0n) is 7.73. The smallest absolute Gasteiger partial charge is 0.190 e. The summed E-state index contributed by atoms with van der Waals surface area (Å²) < 4.78 is 1.98. The van der Waals surface area contributed by atoms with Crippen LogP contribution in [0.3, 0.4) is 0 Å². The molecule has 1 heterocycles. The van der Waals surface area contributed by atoms with E-state index >= 15 is 0 Å². The number of nitrogens with two attached hydrogens (primary N) is 1. The van der Waals surface area contributed by atoms with E-state index < -0.39 is 0 Å². The quantitative estimate of drug-likeness (QED) is 0.726. The summed E-state index contributed by atoms with van der Waals surface area (Å²) in [6, 6.07) is 0. The molecule has 4 nitrogen and oxygen atoms in total. The second-order valence-electron chi connectivity index (χ2n) is 3.42. The highest BCUT2D eigenvalue weighted by Gasteiger charge is 2.22. The normalized spacial score (nSPS) is 16.5. The fraction of sp³-hybridized carbons (Fsp3) is 0.750. The molecule has 0 spiro atoms. The van der Waals surface area contributed by atoms with Crippen molar-refractivity contribution >= 4 is 11.8 Å². The lowest BCUT2D eigenvalue weighted by atomic mass is 10.5. The Balaban J connectivity index is 1.97. The van der Waals surface area contributed by atoms with Crippen molar-refractivity contribution in [3.8, 4) is 0 Å². The van der Waals surface area contributed by atoms with Gasteiger partial charge in [0.2, 0.25) is 0 Å². The standard InChI is InChI=1S/C8H14N4S/c1-12-7(4-9)10-11-8(12)13-5-6-2-3-6/h6H,2-5,9H2,1H3. The maximum absolute atomic E-state index is 5.50. The summed E-state index contributed by atoms with van der Waals surface area (Å²) in [5.74, 6) is 2.96. The predicted octanol–water partition coefficient (Wildman–Crippen LogP) is 0.776. The minimum atomic E-state index is 0.466. The minimum absolute atomic E-state index is 0.466. The Morgan fingerprint density at radius 2 is 2.31 bits per heavy atom. The van der Waals surface area contributed by atoms with E-state index in [0.717, 1.165) is 16.9 Å². The van der Waals surface area contributed by atoms with Crippen LogP contribution in [0.5, 0.6) is 0 Å². The number of aromatic nitrogens is 3. The van der Waals surface area contributed by atoms with Gasteiger partial charge in [0.1, 0.15) is 5.82 Å². The molecule has 0 unspecified atom stereocenters. The molecule has 1 saturated carbocycles. The molecule has 13 heavy (non-hydrogen) atoms. The van der Waals surface area contributed by atoms with Crippen molar-refractivity contribution in [1.82, 2.24) is 14.8 Å². The van der Waals surface area contributed by atoms with Crippen molar-refractivity contribution in [2.45, 2.75) is 24.5 Å². The number of nitrogens with zero attached hydrogens (tertiary/aromatic N) is 3. The molecule has 0 amide bonds. The molecule has 1 fully saturated rings. The second-order valence-corrected chi connectivity index (χ2v) is 4.40. The van der Waals surface area contributed by atoms with Gasteiger partial charge in [0, 0.05) is 12.8 Å². The van der Waals surface area contributed by atoms with Crippen molar-refractivity contribution in [2.75, 3.05) is 5.75 Å². The van der Waals surface area contributed by atoms with Crippen LogP contribution in [0.15, 0.2) is 5.16 Å². The van der Waals surface area contributed by atoms with Crippen molar-refractivity contribution in [1.29, 1.82) is 0 Å². The van der Waals surface area contributed by atoms with Gasteiger partial charge in [-0.15, -0.1) is 10.2 Å². The molecule has 1 aliphatic rings. The molecule has 0 bridgehead atoms. The van der Waals surface area contributed by atoms with Crippen LogP contribution in [0.1, 0.15) is 18.7 Å². The van der Waals surface area contributed by atoms with Gasteiger partial charge in [-0.3, -0.25) is 0 Å². The summed E-state index contributed by atoms with van der Waals surface area (Å²) in [7, 11) is 1.97. The van der Waals surface area contributed by atoms with Crippen molar-refractivity contribution in [3.05, 3.63) is 5.82 Å². The van der Waals surface area contributed by atoms with E-state index in [4.69, 9.17) is 5.73 Å². The Bertz CT molecular complexity index is 292. The predicted molar refractivity (Wildman–Crippen MR) is 52.3 cm³/mol. The first-order valence-electron chi connectivity index (χ1n) is 4.52.